The third kappa shape index (κ3) is 5.95. The summed E-state index contributed by atoms with van der Waals surface area (Å²) in [5, 5.41) is 11.6. The van der Waals surface area contributed by atoms with Crippen molar-refractivity contribution < 1.29 is 14.7 Å². The molecule has 0 unspecified atom stereocenters. The molecule has 5 heteroatoms. The molecule has 1 aromatic rings. The van der Waals surface area contributed by atoms with Crippen LogP contribution in [0.15, 0.2) is 18.2 Å². The van der Waals surface area contributed by atoms with Gasteiger partial charge in [-0.3, -0.25) is 14.5 Å². The van der Waals surface area contributed by atoms with Crippen LogP contribution in [0.4, 0.5) is 5.69 Å². The maximum atomic E-state index is 12.1. The summed E-state index contributed by atoms with van der Waals surface area (Å²) >= 11 is 0. The van der Waals surface area contributed by atoms with Crippen molar-refractivity contribution in [2.45, 2.75) is 33.6 Å². The molecule has 0 fully saturated rings. The van der Waals surface area contributed by atoms with E-state index in [1.54, 1.807) is 0 Å². The minimum atomic E-state index is -0.842. The molecule has 0 bridgehead atoms. The first-order valence-electron chi connectivity index (χ1n) is 7.24. The third-order valence-electron chi connectivity index (χ3n) is 3.43. The van der Waals surface area contributed by atoms with Gasteiger partial charge in [0.1, 0.15) is 0 Å². The van der Waals surface area contributed by atoms with Crippen LogP contribution in [0.1, 0.15) is 30.9 Å². The number of carboxylic acid groups (broad SMARTS) is 1. The number of aliphatic carboxylic acids is 1. The second kappa shape index (κ2) is 8.42. The van der Waals surface area contributed by atoms with Crippen LogP contribution in [0.2, 0.25) is 0 Å². The number of nitrogens with zero attached hydrogens (tertiary/aromatic N) is 1. The van der Waals surface area contributed by atoms with Gasteiger partial charge in [0.25, 0.3) is 0 Å². The molecule has 21 heavy (non-hydrogen) atoms. The average molecular weight is 292 g/mol. The van der Waals surface area contributed by atoms with Crippen molar-refractivity contribution in [3.05, 3.63) is 29.3 Å². The second-order valence-corrected chi connectivity index (χ2v) is 5.22. The smallest absolute Gasteiger partial charge is 0.304 e. The number of carbonyl (C=O) groups excluding carboxylic acids is 1. The summed E-state index contributed by atoms with van der Waals surface area (Å²) in [6.45, 7) is 7.31. The Bertz CT molecular complexity index is 500. The van der Waals surface area contributed by atoms with E-state index >= 15 is 0 Å². The van der Waals surface area contributed by atoms with Crippen molar-refractivity contribution in [1.82, 2.24) is 4.90 Å². The van der Waals surface area contributed by atoms with Crippen molar-refractivity contribution in [3.63, 3.8) is 0 Å². The van der Waals surface area contributed by atoms with E-state index in [4.69, 9.17) is 5.11 Å². The van der Waals surface area contributed by atoms with E-state index in [2.05, 4.69) is 5.32 Å². The lowest BCUT2D eigenvalue weighted by Gasteiger charge is -2.20. The molecule has 0 spiro atoms. The number of carbonyl (C=O) groups is 2. The van der Waals surface area contributed by atoms with Gasteiger partial charge in [-0.1, -0.05) is 19.1 Å². The fourth-order valence-electron chi connectivity index (χ4n) is 2.12. The van der Waals surface area contributed by atoms with Gasteiger partial charge < -0.3 is 10.4 Å². The maximum Gasteiger partial charge on any atom is 0.304 e. The zero-order chi connectivity index (χ0) is 15.8. The Labute approximate surface area is 126 Å². The Morgan fingerprint density at radius 1 is 1.24 bits per heavy atom. The van der Waals surface area contributed by atoms with Gasteiger partial charge >= 0.3 is 5.97 Å². The molecule has 0 heterocycles. The van der Waals surface area contributed by atoms with Crippen LogP contribution in [0.5, 0.6) is 0 Å². The highest BCUT2D eigenvalue weighted by molar-refractivity contribution is 5.93. The van der Waals surface area contributed by atoms with E-state index in [9.17, 15) is 9.59 Å². The van der Waals surface area contributed by atoms with Crippen LogP contribution in [0, 0.1) is 13.8 Å². The van der Waals surface area contributed by atoms with Crippen LogP contribution >= 0.6 is 0 Å². The predicted molar refractivity (Wildman–Crippen MR) is 83.5 cm³/mol. The molecule has 0 saturated heterocycles. The zero-order valence-corrected chi connectivity index (χ0v) is 13.0. The normalized spacial score (nSPS) is 10.7. The summed E-state index contributed by atoms with van der Waals surface area (Å²) in [5.74, 6) is -0.950. The van der Waals surface area contributed by atoms with Crippen molar-refractivity contribution >= 4 is 17.6 Å². The predicted octanol–water partition coefficient (Wildman–Crippen LogP) is 2.43. The minimum absolute atomic E-state index is 0.0523. The third-order valence-corrected chi connectivity index (χ3v) is 3.43. The van der Waals surface area contributed by atoms with Crippen LogP contribution in [-0.2, 0) is 9.59 Å². The number of anilines is 1. The number of hydrogen-bond acceptors (Lipinski definition) is 3. The van der Waals surface area contributed by atoms with Gasteiger partial charge in [0.15, 0.2) is 0 Å². The molecular weight excluding hydrogens is 268 g/mol. The summed E-state index contributed by atoms with van der Waals surface area (Å²) in [6.07, 6.45) is 0.938. The van der Waals surface area contributed by atoms with Crippen LogP contribution < -0.4 is 5.32 Å². The maximum absolute atomic E-state index is 12.1. The van der Waals surface area contributed by atoms with Crippen molar-refractivity contribution in [2.24, 2.45) is 0 Å². The molecule has 2 N–H and O–H groups in total. The van der Waals surface area contributed by atoms with Crippen LogP contribution in [0.25, 0.3) is 0 Å². The summed E-state index contributed by atoms with van der Waals surface area (Å²) in [7, 11) is 0. The van der Waals surface area contributed by atoms with E-state index in [0.29, 0.717) is 13.1 Å². The summed E-state index contributed by atoms with van der Waals surface area (Å²) < 4.78 is 0. The molecule has 0 aliphatic carbocycles. The van der Waals surface area contributed by atoms with Crippen molar-refractivity contribution in [3.8, 4) is 0 Å². The molecule has 116 valence electrons. The van der Waals surface area contributed by atoms with Gasteiger partial charge in [-0.15, -0.1) is 0 Å². The topological polar surface area (TPSA) is 69.6 Å². The Morgan fingerprint density at radius 2 is 1.95 bits per heavy atom. The largest absolute Gasteiger partial charge is 0.481 e. The van der Waals surface area contributed by atoms with Crippen molar-refractivity contribution in [1.29, 1.82) is 0 Å². The number of amides is 1. The van der Waals surface area contributed by atoms with Crippen LogP contribution in [-0.4, -0.2) is 41.5 Å². The van der Waals surface area contributed by atoms with Gasteiger partial charge in [-0.25, -0.2) is 0 Å². The molecule has 0 saturated carbocycles. The van der Waals surface area contributed by atoms with E-state index in [0.717, 1.165) is 23.2 Å². The molecule has 1 rings (SSSR count). The molecule has 0 aliphatic rings. The number of rotatable bonds is 8. The first kappa shape index (κ1) is 17.2. The molecule has 0 aromatic heterocycles. The highest BCUT2D eigenvalue weighted by Gasteiger charge is 2.12. The molecule has 0 aliphatic heterocycles. The van der Waals surface area contributed by atoms with Gasteiger partial charge in [-0.2, -0.15) is 0 Å². The Hall–Kier alpha value is -1.88. The number of benzene rings is 1. The Balaban J connectivity index is 2.60. The summed E-state index contributed by atoms with van der Waals surface area (Å²) in [6, 6.07) is 5.79. The molecule has 0 atom stereocenters. The second-order valence-electron chi connectivity index (χ2n) is 5.22. The standard InChI is InChI=1S/C16H24N2O3/c1-4-9-18(10-8-16(20)21)11-15(19)17-14-7-5-6-12(2)13(14)3/h5-7H,4,8-11H2,1-3H3,(H,17,19)(H,20,21). The lowest BCUT2D eigenvalue weighted by Crippen LogP contribution is -2.35. The molecule has 1 aromatic carbocycles. The van der Waals surface area contributed by atoms with Gasteiger partial charge in [0.2, 0.25) is 5.91 Å². The quantitative estimate of drug-likeness (QED) is 0.772. The summed E-state index contributed by atoms with van der Waals surface area (Å²) in [4.78, 5) is 24.6. The van der Waals surface area contributed by atoms with Gasteiger partial charge in [-0.05, 0) is 44.0 Å². The van der Waals surface area contributed by atoms with Crippen LogP contribution in [0.3, 0.4) is 0 Å². The average Bonchev–Trinajstić information content (AvgIpc) is 2.41. The Morgan fingerprint density at radius 3 is 2.57 bits per heavy atom. The number of aryl methyl sites for hydroxylation is 1. The fraction of sp³-hybridized carbons (Fsp3) is 0.500. The number of carboxylic acids is 1. The first-order chi connectivity index (χ1) is 9.93. The van der Waals surface area contributed by atoms with Gasteiger partial charge in [0.05, 0.1) is 13.0 Å². The van der Waals surface area contributed by atoms with Gasteiger partial charge in [0, 0.05) is 12.2 Å². The number of hydrogen-bond donors (Lipinski definition) is 2. The lowest BCUT2D eigenvalue weighted by atomic mass is 10.1. The number of nitrogens with one attached hydrogen (secondary N) is 1. The van der Waals surface area contributed by atoms with E-state index < -0.39 is 5.97 Å². The molecule has 5 nitrogen and oxygen atoms in total. The van der Waals surface area contributed by atoms with E-state index in [1.165, 1.54) is 0 Å². The molecule has 1 amide bonds. The summed E-state index contributed by atoms with van der Waals surface area (Å²) in [5.41, 5.74) is 3.00. The molecular formula is C16H24N2O3. The van der Waals surface area contributed by atoms with Crippen molar-refractivity contribution in [2.75, 3.05) is 25.0 Å². The highest BCUT2D eigenvalue weighted by atomic mass is 16.4. The lowest BCUT2D eigenvalue weighted by molar-refractivity contribution is -0.137. The fourth-order valence-corrected chi connectivity index (χ4v) is 2.12. The van der Waals surface area contributed by atoms with E-state index in [1.807, 2.05) is 43.9 Å². The first-order valence-corrected chi connectivity index (χ1v) is 7.24. The molecule has 0 radical (unpaired) electrons. The minimum Gasteiger partial charge on any atom is -0.481 e. The zero-order valence-electron chi connectivity index (χ0n) is 13.0. The Kier molecular flexibility index (Phi) is 6.88. The van der Waals surface area contributed by atoms with E-state index in [-0.39, 0.29) is 18.9 Å². The SMILES string of the molecule is CCCN(CCC(=O)O)CC(=O)Nc1cccc(C)c1C. The monoisotopic (exact) mass is 292 g/mol. The highest BCUT2D eigenvalue weighted by Crippen LogP contribution is 2.17.